The first-order chi connectivity index (χ1) is 56.2. The monoisotopic (exact) mass is 1850 g/mol. The van der Waals surface area contributed by atoms with Crippen molar-refractivity contribution in [1.29, 1.82) is 10.5 Å². The Morgan fingerprint density at radius 1 is 0.492 bits per heavy atom. The summed E-state index contributed by atoms with van der Waals surface area (Å²) in [6.45, 7) is 47.3. The van der Waals surface area contributed by atoms with Crippen LogP contribution in [0.25, 0.3) is 56.1 Å². The summed E-state index contributed by atoms with van der Waals surface area (Å²) in [5.41, 5.74) is 9.98. The van der Waals surface area contributed by atoms with Crippen molar-refractivity contribution in [2.75, 3.05) is 76.4 Å². The molecule has 0 aliphatic heterocycles. The van der Waals surface area contributed by atoms with Crippen molar-refractivity contribution in [3.8, 4) is 54.9 Å². The molecule has 8 aromatic rings. The minimum Gasteiger partial charge on any atom is -0.466 e. The quantitative estimate of drug-likeness (QED) is 0.0150. The van der Waals surface area contributed by atoms with Crippen LogP contribution in [-0.2, 0) is 38.0 Å². The molecule has 2 saturated carbocycles. The number of esters is 2. The molecule has 0 amide bonds. The molecule has 0 saturated heterocycles. The Morgan fingerprint density at radius 2 is 0.839 bits per heavy atom. The molecule has 2 aromatic carbocycles. The number of anilines is 2. The molecule has 0 spiro atoms. The molecule has 0 N–H and O–H groups in total. The van der Waals surface area contributed by atoms with Gasteiger partial charge in [0.2, 0.25) is 0 Å². The van der Waals surface area contributed by atoms with Crippen molar-refractivity contribution in [2.45, 2.75) is 266 Å². The molecular formula is C92H139BrN12O8Si4Sn. The van der Waals surface area contributed by atoms with Gasteiger partial charge in [-0.25, -0.2) is 9.97 Å². The van der Waals surface area contributed by atoms with Crippen molar-refractivity contribution in [1.82, 2.24) is 39.2 Å². The number of pyridine rings is 2. The minimum absolute atomic E-state index is 0.0234. The zero-order chi connectivity index (χ0) is 85.9. The van der Waals surface area contributed by atoms with Crippen molar-refractivity contribution in [3.05, 3.63) is 131 Å². The molecule has 20 nitrogen and oxygen atoms in total. The smallest absolute Gasteiger partial charge is 0.311 e. The number of hydrogen-bond donors (Lipinski definition) is 0. The molecule has 118 heavy (non-hydrogen) atoms. The van der Waals surface area contributed by atoms with Crippen molar-refractivity contribution < 1.29 is 38.0 Å². The van der Waals surface area contributed by atoms with E-state index in [1.54, 1.807) is 4.52 Å². The van der Waals surface area contributed by atoms with E-state index in [9.17, 15) is 20.1 Å². The molecule has 0 radical (unpaired) electrons. The number of aromatic nitrogens is 8. The fourth-order valence-electron chi connectivity index (χ4n) is 15.0. The summed E-state index contributed by atoms with van der Waals surface area (Å²) < 4.78 is 47.7. The molecule has 6 aromatic heterocycles. The van der Waals surface area contributed by atoms with Crippen LogP contribution < -0.4 is 9.80 Å². The van der Waals surface area contributed by atoms with Gasteiger partial charge >= 0.3 is 112 Å². The van der Waals surface area contributed by atoms with Gasteiger partial charge in [-0.2, -0.15) is 24.5 Å². The van der Waals surface area contributed by atoms with E-state index in [0.717, 1.165) is 122 Å². The van der Waals surface area contributed by atoms with E-state index in [2.05, 4.69) is 155 Å². The second kappa shape index (κ2) is 45.6. The van der Waals surface area contributed by atoms with E-state index in [4.69, 9.17) is 58.6 Å². The molecule has 2 fully saturated rings. The summed E-state index contributed by atoms with van der Waals surface area (Å²) in [4.78, 5) is 50.2. The molecule has 0 bridgehead atoms. The van der Waals surface area contributed by atoms with E-state index in [1.807, 2.05) is 123 Å². The third kappa shape index (κ3) is 28.3. The van der Waals surface area contributed by atoms with Crippen LogP contribution >= 0.6 is 15.9 Å². The fraction of sp³-hybridized carbons (Fsp3) is 0.587. The molecule has 26 heteroatoms. The Balaban J connectivity index is 0.000000251. The van der Waals surface area contributed by atoms with Gasteiger partial charge in [0.1, 0.15) is 38.6 Å². The molecule has 0 unspecified atom stereocenters. The van der Waals surface area contributed by atoms with Crippen LogP contribution in [0.1, 0.15) is 167 Å². The van der Waals surface area contributed by atoms with E-state index < -0.39 is 61.5 Å². The number of carbonyl (C=O) groups excluding carboxylic acids is 2. The second-order valence-corrected chi connectivity index (χ2v) is 73.4. The summed E-state index contributed by atoms with van der Waals surface area (Å²) in [7, 11) is -5.21. The summed E-state index contributed by atoms with van der Waals surface area (Å²) >= 11 is 1.73. The predicted molar refractivity (Wildman–Crippen MR) is 499 cm³/mol. The fourth-order valence-corrected chi connectivity index (χ4v) is 30.8. The van der Waals surface area contributed by atoms with Gasteiger partial charge in [0.05, 0.1) is 63.7 Å². The number of rotatable bonds is 41. The van der Waals surface area contributed by atoms with Crippen LogP contribution in [0.15, 0.2) is 114 Å². The summed E-state index contributed by atoms with van der Waals surface area (Å²) in [5, 5.41) is 30.2. The summed E-state index contributed by atoms with van der Waals surface area (Å²) in [6.07, 6.45) is 21.0. The van der Waals surface area contributed by atoms with Gasteiger partial charge in [-0.1, -0.05) is 151 Å². The Morgan fingerprint density at radius 3 is 1.16 bits per heavy atom. The first kappa shape index (κ1) is 96.9. The van der Waals surface area contributed by atoms with Crippen molar-refractivity contribution in [3.63, 3.8) is 0 Å². The minimum atomic E-state index is -2.31. The topological polar surface area (TPSA) is 230 Å². The Bertz CT molecular complexity index is 4460. The maximum absolute atomic E-state index is 12.9. The number of ether oxygens (including phenoxy) is 6. The van der Waals surface area contributed by atoms with Crippen molar-refractivity contribution in [2.24, 2.45) is 10.8 Å². The van der Waals surface area contributed by atoms with Crippen LogP contribution in [0.2, 0.25) is 116 Å². The third-order valence-electron chi connectivity index (χ3n) is 23.0. The first-order valence-electron chi connectivity index (χ1n) is 43.7. The average molecular weight is 1850 g/mol. The number of halogens is 1. The zero-order valence-corrected chi connectivity index (χ0v) is 83.4. The van der Waals surface area contributed by atoms with E-state index >= 15 is 0 Å². The van der Waals surface area contributed by atoms with E-state index in [-0.39, 0.29) is 37.2 Å². The molecule has 2 aliphatic carbocycles. The normalized spacial score (nSPS) is 17.2. The number of fused-ring (bicyclic) bond motifs is 2. The number of benzene rings is 2. The third-order valence-corrected chi connectivity index (χ3v) is 43.1. The number of nitriles is 2. The van der Waals surface area contributed by atoms with Crippen LogP contribution in [0, 0.1) is 31.5 Å². The number of nitrogens with zero attached hydrogens (tertiary/aromatic N) is 12. The predicted octanol–water partition coefficient (Wildman–Crippen LogP) is 23.8. The van der Waals surface area contributed by atoms with Gasteiger partial charge in [0.25, 0.3) is 0 Å². The van der Waals surface area contributed by atoms with Crippen LogP contribution in [-0.4, -0.2) is 168 Å². The Hall–Kier alpha value is -6.51. The van der Waals surface area contributed by atoms with E-state index in [1.165, 1.54) is 51.8 Å². The van der Waals surface area contributed by atoms with Gasteiger partial charge in [0, 0.05) is 116 Å². The van der Waals surface area contributed by atoms with Gasteiger partial charge in [-0.3, -0.25) is 19.6 Å². The molecule has 642 valence electrons. The summed E-state index contributed by atoms with van der Waals surface area (Å²) in [5.74, 6) is 1.34. The SMILES string of the molecule is CCC[CH2][Sn]([C]#N)([CH2]CCC)[CH2]CCC.CCOC(=O)C1(C)CCC(c2nc3c(-c4ccc(-c5ccccc5)nc4)cnn3c(N(COCC[Si](C)(C)C)COCC[Si](C)(C)C)c2Br)CC1.CCOC(=O)C1(C)CCC(c2nc3c(-c4ccc(-c5ccccc5)nc4)cnn3c(N(COCC[Si](C)(C)C)COCC[Si](C)(C)C)c2C#N)CC1. The molecule has 10 rings (SSSR count). The summed E-state index contributed by atoms with van der Waals surface area (Å²) in [6, 6.07) is 35.3. The van der Waals surface area contributed by atoms with Crippen LogP contribution in [0.5, 0.6) is 0 Å². The van der Waals surface area contributed by atoms with Crippen LogP contribution in [0.3, 0.4) is 0 Å². The number of carbonyl (C=O) groups is 2. The van der Waals surface area contributed by atoms with Crippen molar-refractivity contribution >= 4 is 101 Å². The van der Waals surface area contributed by atoms with Gasteiger partial charge in [-0.05, 0) is 131 Å². The zero-order valence-electron chi connectivity index (χ0n) is 75.0. The standard InChI is InChI=1S/C40H56N6O4Si2.C39H56BrN5O4Si2.3C4H9.CN.Sn/c1-9-50-39(47)40(2)19-17-31(18-20-40)36-33(25-41)38(45(28-48-21-23-51(3,4)5)29-49-22-24-52(6,7)8)46-37(44-36)34(27-43-46)32-15-16-35(42-26-32)30-13-11-10-12-14-30;1-9-49-38(46)39(2)19-17-30(18-20-39)35-34(40)37(44(27-47-21-23-50(3,4)5)28-48-22-24-51(6,7)8)45-36(43-35)32(26-42-45)31-15-16-33(41-25-31)29-13-11-10-12-14-29;3*1-3-4-2;1-2;/h10-16,26-27,31H,9,17-24,28-29H2,1-8H3;10-16,25-26,30H,9,17-24,27-28H2,1-8H3;3*1,3-4H2,2H3;;. The first-order valence-corrected chi connectivity index (χ1v) is 66.8. The van der Waals surface area contributed by atoms with E-state index in [0.29, 0.717) is 95.8 Å². The molecular weight excluding hydrogens is 1710 g/mol. The van der Waals surface area contributed by atoms with Crippen LogP contribution in [0.4, 0.5) is 11.6 Å². The number of unbranched alkanes of at least 4 members (excludes halogenated alkanes) is 3. The average Bonchev–Trinajstić information content (AvgIpc) is 1.54. The van der Waals surface area contributed by atoms with Gasteiger partial charge in [0.15, 0.2) is 22.9 Å². The Kier molecular flexibility index (Phi) is 37.4. The largest absolute Gasteiger partial charge is 0.466 e. The maximum Gasteiger partial charge on any atom is 0.311 e. The molecule has 6 heterocycles. The van der Waals surface area contributed by atoms with Gasteiger partial charge in [-0.15, -0.1) is 0 Å². The number of hydrogen-bond acceptors (Lipinski definition) is 18. The van der Waals surface area contributed by atoms with Gasteiger partial charge < -0.3 is 38.2 Å². The molecule has 2 aliphatic rings. The Labute approximate surface area is 723 Å². The second-order valence-electron chi connectivity index (χ2n) is 37.9. The maximum atomic E-state index is 12.9. The molecule has 0 atom stereocenters.